The summed E-state index contributed by atoms with van der Waals surface area (Å²) in [4.78, 5) is 11.6. The molecule has 1 atom stereocenters. The van der Waals surface area contributed by atoms with Gasteiger partial charge < -0.3 is 5.32 Å². The molecule has 0 aromatic heterocycles. The number of hydrogen-bond acceptors (Lipinski definition) is 3. The van der Waals surface area contributed by atoms with Gasteiger partial charge >= 0.3 is 0 Å². The first-order valence-electron chi connectivity index (χ1n) is 5.70. The summed E-state index contributed by atoms with van der Waals surface area (Å²) in [6.07, 6.45) is 0.241. The lowest BCUT2D eigenvalue weighted by molar-refractivity contribution is -0.115. The highest BCUT2D eigenvalue weighted by Gasteiger charge is 2.08. The average molecular weight is 264 g/mol. The summed E-state index contributed by atoms with van der Waals surface area (Å²) < 4.78 is 11.5. The second kappa shape index (κ2) is 6.92. The van der Waals surface area contributed by atoms with E-state index in [2.05, 4.69) is 5.32 Å². The third kappa shape index (κ3) is 4.68. The average Bonchev–Trinajstić information content (AvgIpc) is 2.36. The van der Waals surface area contributed by atoms with Gasteiger partial charge in [-0.3, -0.25) is 9.00 Å². The van der Waals surface area contributed by atoms with Crippen molar-refractivity contribution < 1.29 is 9.00 Å². The minimum Gasteiger partial charge on any atom is -0.326 e. The molecule has 18 heavy (non-hydrogen) atoms. The van der Waals surface area contributed by atoms with Crippen molar-refractivity contribution in [3.05, 3.63) is 29.8 Å². The molecular weight excluding hydrogens is 248 g/mol. The SMILES string of the molecule is CC(C)S(=O)CCC(=O)Nc1ccc(C#N)cc1. The van der Waals surface area contributed by atoms with Crippen LogP contribution in [-0.4, -0.2) is 21.1 Å². The fourth-order valence-corrected chi connectivity index (χ4v) is 2.14. The summed E-state index contributed by atoms with van der Waals surface area (Å²) in [5.74, 6) is 0.216. The number of nitriles is 1. The third-order valence-corrected chi connectivity index (χ3v) is 4.01. The Balaban J connectivity index is 2.45. The van der Waals surface area contributed by atoms with E-state index in [1.807, 2.05) is 19.9 Å². The maximum Gasteiger partial charge on any atom is 0.225 e. The Morgan fingerprint density at radius 1 is 1.39 bits per heavy atom. The molecule has 5 heteroatoms. The zero-order valence-electron chi connectivity index (χ0n) is 10.5. The molecule has 4 nitrogen and oxygen atoms in total. The topological polar surface area (TPSA) is 70.0 Å². The van der Waals surface area contributed by atoms with Crippen LogP contribution in [0.4, 0.5) is 5.69 Å². The van der Waals surface area contributed by atoms with Gasteiger partial charge in [-0.15, -0.1) is 0 Å². The second-order valence-electron chi connectivity index (χ2n) is 4.12. The van der Waals surface area contributed by atoms with Crippen LogP contribution in [0.25, 0.3) is 0 Å². The molecule has 0 saturated carbocycles. The van der Waals surface area contributed by atoms with Gasteiger partial charge in [-0.2, -0.15) is 5.26 Å². The Bertz CT molecular complexity index is 475. The molecule has 96 valence electrons. The molecule has 0 aliphatic carbocycles. The van der Waals surface area contributed by atoms with E-state index < -0.39 is 10.8 Å². The van der Waals surface area contributed by atoms with Gasteiger partial charge in [-0.1, -0.05) is 13.8 Å². The predicted molar refractivity (Wildman–Crippen MR) is 72.5 cm³/mol. The summed E-state index contributed by atoms with van der Waals surface area (Å²) >= 11 is 0. The molecule has 0 radical (unpaired) electrons. The van der Waals surface area contributed by atoms with Crippen molar-refractivity contribution >= 4 is 22.4 Å². The molecule has 1 aromatic carbocycles. The van der Waals surface area contributed by atoms with Crippen molar-refractivity contribution in [2.75, 3.05) is 11.1 Å². The summed E-state index contributed by atoms with van der Waals surface area (Å²) in [6, 6.07) is 8.64. The van der Waals surface area contributed by atoms with E-state index in [0.29, 0.717) is 17.0 Å². The normalized spacial score (nSPS) is 11.9. The molecule has 0 aliphatic rings. The predicted octanol–water partition coefficient (Wildman–Crippen LogP) is 2.04. The van der Waals surface area contributed by atoms with Gasteiger partial charge in [0.25, 0.3) is 0 Å². The summed E-state index contributed by atoms with van der Waals surface area (Å²) in [6.45, 7) is 3.74. The molecule has 0 spiro atoms. The summed E-state index contributed by atoms with van der Waals surface area (Å²) in [5.41, 5.74) is 1.20. The highest BCUT2D eigenvalue weighted by Crippen LogP contribution is 2.09. The monoisotopic (exact) mass is 264 g/mol. The Morgan fingerprint density at radius 3 is 2.50 bits per heavy atom. The Kier molecular flexibility index (Phi) is 5.53. The van der Waals surface area contributed by atoms with Gasteiger partial charge in [0, 0.05) is 33.9 Å². The van der Waals surface area contributed by atoms with Crippen LogP contribution in [0.1, 0.15) is 25.8 Å². The van der Waals surface area contributed by atoms with Crippen molar-refractivity contribution in [1.29, 1.82) is 5.26 Å². The molecular formula is C13H16N2O2S. The molecule has 1 N–H and O–H groups in total. The van der Waals surface area contributed by atoms with E-state index in [9.17, 15) is 9.00 Å². The highest BCUT2D eigenvalue weighted by atomic mass is 32.2. The number of anilines is 1. The number of rotatable bonds is 5. The third-order valence-electron chi connectivity index (χ3n) is 2.35. The molecule has 0 heterocycles. The van der Waals surface area contributed by atoms with Crippen molar-refractivity contribution in [2.24, 2.45) is 0 Å². The van der Waals surface area contributed by atoms with Crippen LogP contribution >= 0.6 is 0 Å². The number of benzene rings is 1. The highest BCUT2D eigenvalue weighted by molar-refractivity contribution is 7.85. The Hall–Kier alpha value is -1.67. The number of nitrogens with zero attached hydrogens (tertiary/aromatic N) is 1. The van der Waals surface area contributed by atoms with E-state index in [0.717, 1.165) is 0 Å². The van der Waals surface area contributed by atoms with Crippen LogP contribution in [-0.2, 0) is 15.6 Å². The smallest absolute Gasteiger partial charge is 0.225 e. The zero-order valence-corrected chi connectivity index (χ0v) is 11.3. The minimum atomic E-state index is -0.959. The molecule has 0 fully saturated rings. The first-order valence-corrected chi connectivity index (χ1v) is 7.08. The molecule has 1 rings (SSSR count). The van der Waals surface area contributed by atoms with Crippen LogP contribution in [0.15, 0.2) is 24.3 Å². The molecule has 0 saturated heterocycles. The van der Waals surface area contributed by atoms with Gasteiger partial charge in [-0.25, -0.2) is 0 Å². The van der Waals surface area contributed by atoms with Crippen molar-refractivity contribution in [2.45, 2.75) is 25.5 Å². The Labute approximate surface area is 109 Å². The number of amides is 1. The number of nitrogens with one attached hydrogen (secondary N) is 1. The van der Waals surface area contributed by atoms with E-state index in [1.165, 1.54) is 0 Å². The number of hydrogen-bond donors (Lipinski definition) is 1. The lowest BCUT2D eigenvalue weighted by atomic mass is 10.2. The molecule has 1 unspecified atom stereocenters. The van der Waals surface area contributed by atoms with Crippen LogP contribution in [0, 0.1) is 11.3 Å². The molecule has 0 aliphatic heterocycles. The maximum atomic E-state index is 11.6. The molecule has 1 aromatic rings. The lowest BCUT2D eigenvalue weighted by Crippen LogP contribution is -2.17. The number of carbonyl (C=O) groups excluding carboxylic acids is 1. The van der Waals surface area contributed by atoms with Crippen molar-refractivity contribution in [1.82, 2.24) is 0 Å². The van der Waals surface area contributed by atoms with Crippen LogP contribution in [0.3, 0.4) is 0 Å². The van der Waals surface area contributed by atoms with Gasteiger partial charge in [0.15, 0.2) is 0 Å². The standard InChI is InChI=1S/C13H16N2O2S/c1-10(2)18(17)8-7-13(16)15-12-5-3-11(9-14)4-6-12/h3-6,10H,7-8H2,1-2H3,(H,15,16). The van der Waals surface area contributed by atoms with Crippen LogP contribution in [0.2, 0.25) is 0 Å². The van der Waals surface area contributed by atoms with Crippen molar-refractivity contribution in [3.63, 3.8) is 0 Å². The summed E-state index contributed by atoms with van der Waals surface area (Å²) in [7, 11) is -0.959. The number of carbonyl (C=O) groups is 1. The lowest BCUT2D eigenvalue weighted by Gasteiger charge is -2.06. The van der Waals surface area contributed by atoms with Crippen molar-refractivity contribution in [3.8, 4) is 6.07 Å². The Morgan fingerprint density at radius 2 is 2.00 bits per heavy atom. The first-order chi connectivity index (χ1) is 8.52. The van der Waals surface area contributed by atoms with Gasteiger partial charge in [-0.05, 0) is 24.3 Å². The molecule has 0 bridgehead atoms. The summed E-state index contributed by atoms with van der Waals surface area (Å²) in [5, 5.41) is 11.4. The quantitative estimate of drug-likeness (QED) is 0.884. The van der Waals surface area contributed by atoms with E-state index in [4.69, 9.17) is 5.26 Å². The second-order valence-corrected chi connectivity index (χ2v) is 6.23. The zero-order chi connectivity index (χ0) is 13.5. The maximum absolute atomic E-state index is 11.6. The first kappa shape index (κ1) is 14.4. The fourth-order valence-electron chi connectivity index (χ4n) is 1.28. The van der Waals surface area contributed by atoms with Gasteiger partial charge in [0.2, 0.25) is 5.91 Å². The van der Waals surface area contributed by atoms with E-state index >= 15 is 0 Å². The van der Waals surface area contributed by atoms with E-state index in [-0.39, 0.29) is 17.6 Å². The largest absolute Gasteiger partial charge is 0.326 e. The molecule has 1 amide bonds. The minimum absolute atomic E-state index is 0.0766. The van der Waals surface area contributed by atoms with E-state index in [1.54, 1.807) is 24.3 Å². The van der Waals surface area contributed by atoms with Crippen LogP contribution in [0.5, 0.6) is 0 Å². The fraction of sp³-hybridized carbons (Fsp3) is 0.385. The van der Waals surface area contributed by atoms with Crippen LogP contribution < -0.4 is 5.32 Å². The van der Waals surface area contributed by atoms with Gasteiger partial charge in [0.05, 0.1) is 11.6 Å². The van der Waals surface area contributed by atoms with Gasteiger partial charge in [0.1, 0.15) is 0 Å².